The van der Waals surface area contributed by atoms with E-state index in [1.807, 2.05) is 12.1 Å². The van der Waals surface area contributed by atoms with Crippen molar-refractivity contribution in [2.24, 2.45) is 0 Å². The lowest BCUT2D eigenvalue weighted by Gasteiger charge is -2.11. The van der Waals surface area contributed by atoms with Gasteiger partial charge in [0.05, 0.1) is 8.95 Å². The van der Waals surface area contributed by atoms with Crippen LogP contribution in [0.1, 0.15) is 0 Å². The minimum absolute atomic E-state index is 0.185. The Morgan fingerprint density at radius 2 is 1.33 bits per heavy atom. The Hall–Kier alpha value is -0.0400. The maximum Gasteiger partial charge on any atom is 0.142 e. The Morgan fingerprint density at radius 1 is 0.722 bits per heavy atom. The predicted octanol–water partition coefficient (Wildman–Crippen LogP) is 6.23. The summed E-state index contributed by atoms with van der Waals surface area (Å²) in [5.41, 5.74) is 0. The lowest BCUT2D eigenvalue weighted by Crippen LogP contribution is -1.87. The van der Waals surface area contributed by atoms with Crippen LogP contribution in [0.15, 0.2) is 48.2 Å². The third-order valence-electron chi connectivity index (χ3n) is 2.11. The van der Waals surface area contributed by atoms with Crippen molar-refractivity contribution in [2.45, 2.75) is 0 Å². The van der Waals surface area contributed by atoms with Crippen molar-refractivity contribution in [3.63, 3.8) is 0 Å². The van der Waals surface area contributed by atoms with E-state index < -0.39 is 0 Å². The van der Waals surface area contributed by atoms with Crippen LogP contribution in [0.2, 0.25) is 0 Å². The fourth-order valence-electron chi connectivity index (χ4n) is 1.27. The zero-order valence-electron chi connectivity index (χ0n) is 8.75. The summed E-state index contributed by atoms with van der Waals surface area (Å²) in [5.74, 6) is 1.49. The van der Waals surface area contributed by atoms with Crippen LogP contribution >= 0.6 is 63.7 Å². The molecule has 0 spiro atoms. The molecule has 2 aromatic carbocycles. The van der Waals surface area contributed by atoms with Crippen LogP contribution in [0.5, 0.6) is 17.2 Å². The van der Waals surface area contributed by atoms with Crippen molar-refractivity contribution < 1.29 is 9.84 Å². The van der Waals surface area contributed by atoms with E-state index in [-0.39, 0.29) is 5.75 Å². The van der Waals surface area contributed by atoms with Crippen molar-refractivity contribution in [2.75, 3.05) is 0 Å². The van der Waals surface area contributed by atoms with E-state index in [2.05, 4.69) is 63.7 Å². The summed E-state index contributed by atoms with van der Waals surface area (Å²) in [6.45, 7) is 0. The second-order valence-electron chi connectivity index (χ2n) is 3.41. The highest BCUT2D eigenvalue weighted by atomic mass is 79.9. The second-order valence-corrected chi connectivity index (χ2v) is 6.83. The molecule has 1 N–H and O–H groups in total. The highest BCUT2D eigenvalue weighted by Gasteiger charge is 2.09. The third kappa shape index (κ3) is 3.29. The van der Waals surface area contributed by atoms with E-state index in [0.29, 0.717) is 16.0 Å². The monoisotopic (exact) mass is 498 g/mol. The first-order valence-electron chi connectivity index (χ1n) is 4.78. The van der Waals surface area contributed by atoms with Crippen LogP contribution in [0.3, 0.4) is 0 Å². The Bertz CT molecular complexity index is 599. The minimum atomic E-state index is 0.185. The predicted molar refractivity (Wildman–Crippen MR) is 85.4 cm³/mol. The number of phenols is 1. The molecule has 0 aliphatic carbocycles. The molecule has 94 valence electrons. The van der Waals surface area contributed by atoms with Gasteiger partial charge in [-0.2, -0.15) is 0 Å². The first-order valence-corrected chi connectivity index (χ1v) is 7.95. The summed E-state index contributed by atoms with van der Waals surface area (Å²) in [6.07, 6.45) is 0. The van der Waals surface area contributed by atoms with Gasteiger partial charge in [-0.05, 0) is 94.1 Å². The molecule has 0 fully saturated rings. The smallest absolute Gasteiger partial charge is 0.142 e. The molecule has 0 radical (unpaired) electrons. The van der Waals surface area contributed by atoms with Gasteiger partial charge in [0.15, 0.2) is 0 Å². The zero-order valence-corrected chi connectivity index (χ0v) is 15.1. The average Bonchev–Trinajstić information content (AvgIpc) is 2.29. The number of ether oxygens (including phenoxy) is 1. The molecule has 0 saturated carbocycles. The quantitative estimate of drug-likeness (QED) is 0.494. The topological polar surface area (TPSA) is 29.5 Å². The molecule has 2 nitrogen and oxygen atoms in total. The molecule has 0 aliphatic rings. The van der Waals surface area contributed by atoms with E-state index in [1.54, 1.807) is 18.2 Å². The van der Waals surface area contributed by atoms with E-state index in [4.69, 9.17) is 4.74 Å². The first kappa shape index (κ1) is 14.4. The van der Waals surface area contributed by atoms with Gasteiger partial charge in [0, 0.05) is 8.95 Å². The van der Waals surface area contributed by atoms with E-state index in [1.165, 1.54) is 0 Å². The molecule has 6 heteroatoms. The molecule has 0 unspecified atom stereocenters. The highest BCUT2D eigenvalue weighted by molar-refractivity contribution is 9.13. The molecule has 0 saturated heterocycles. The molecule has 0 heterocycles. The van der Waals surface area contributed by atoms with Gasteiger partial charge in [-0.25, -0.2) is 0 Å². The number of benzene rings is 2. The Balaban J connectivity index is 2.37. The molecule has 2 aromatic rings. The fraction of sp³-hybridized carbons (Fsp3) is 0. The minimum Gasteiger partial charge on any atom is -0.508 e. The number of rotatable bonds is 2. The van der Waals surface area contributed by atoms with Gasteiger partial charge in [-0.1, -0.05) is 0 Å². The van der Waals surface area contributed by atoms with Crippen LogP contribution < -0.4 is 4.74 Å². The third-order valence-corrected chi connectivity index (χ3v) is 5.19. The van der Waals surface area contributed by atoms with Crippen molar-refractivity contribution in [1.29, 1.82) is 0 Å². The van der Waals surface area contributed by atoms with Crippen LogP contribution in [0.25, 0.3) is 0 Å². The highest BCUT2D eigenvalue weighted by Crippen LogP contribution is 2.39. The number of phenolic OH excluding ortho intramolecular Hbond substituents is 1. The van der Waals surface area contributed by atoms with Crippen LogP contribution in [-0.2, 0) is 0 Å². The molecule has 0 amide bonds. The van der Waals surface area contributed by atoms with E-state index in [0.717, 1.165) is 13.4 Å². The van der Waals surface area contributed by atoms with Gasteiger partial charge in [-0.3, -0.25) is 0 Å². The molecule has 0 aromatic heterocycles. The van der Waals surface area contributed by atoms with Gasteiger partial charge in [0.2, 0.25) is 0 Å². The van der Waals surface area contributed by atoms with E-state index >= 15 is 0 Å². The first-order chi connectivity index (χ1) is 8.47. The van der Waals surface area contributed by atoms with Crippen LogP contribution in [0, 0.1) is 0 Å². The summed E-state index contributed by atoms with van der Waals surface area (Å²) >= 11 is 13.6. The normalized spacial score (nSPS) is 10.4. The summed E-state index contributed by atoms with van der Waals surface area (Å²) in [7, 11) is 0. The number of hydrogen-bond acceptors (Lipinski definition) is 2. The average molecular weight is 502 g/mol. The van der Waals surface area contributed by atoms with Crippen molar-refractivity contribution >= 4 is 63.7 Å². The van der Waals surface area contributed by atoms with Crippen molar-refractivity contribution in [3.8, 4) is 17.2 Å². The summed E-state index contributed by atoms with van der Waals surface area (Å²) < 4.78 is 9.13. The zero-order chi connectivity index (χ0) is 13.3. The lowest BCUT2D eigenvalue weighted by atomic mass is 10.3. The van der Waals surface area contributed by atoms with Crippen LogP contribution in [0.4, 0.5) is 0 Å². The molecule has 0 atom stereocenters. The maximum absolute atomic E-state index is 9.33. The fourth-order valence-corrected chi connectivity index (χ4v) is 3.12. The van der Waals surface area contributed by atoms with Crippen LogP contribution in [-0.4, -0.2) is 5.11 Å². The molecular formula is C12H6Br4O2. The molecule has 0 bridgehead atoms. The molecule has 0 aliphatic heterocycles. The molecule has 18 heavy (non-hydrogen) atoms. The van der Waals surface area contributed by atoms with Crippen molar-refractivity contribution in [3.05, 3.63) is 48.2 Å². The summed E-state index contributed by atoms with van der Waals surface area (Å²) in [4.78, 5) is 0. The summed E-state index contributed by atoms with van der Waals surface area (Å²) in [6, 6.07) is 8.60. The SMILES string of the molecule is Oc1ccc(Oc2cc(Br)c(Br)cc2Br)c(Br)c1. The van der Waals surface area contributed by atoms with Gasteiger partial charge in [0.1, 0.15) is 17.2 Å². The Labute approximate surface area is 138 Å². The van der Waals surface area contributed by atoms with E-state index in [9.17, 15) is 5.11 Å². The Kier molecular flexibility index (Phi) is 4.75. The maximum atomic E-state index is 9.33. The largest absolute Gasteiger partial charge is 0.508 e. The lowest BCUT2D eigenvalue weighted by molar-refractivity contribution is 0.460. The second kappa shape index (κ2) is 5.94. The van der Waals surface area contributed by atoms with Gasteiger partial charge >= 0.3 is 0 Å². The summed E-state index contributed by atoms with van der Waals surface area (Å²) in [5, 5.41) is 9.33. The van der Waals surface area contributed by atoms with Gasteiger partial charge in [-0.15, -0.1) is 0 Å². The standard InChI is InChI=1S/C12H6Br4O2/c13-7-4-10(16)12(5-8(7)14)18-11-2-1-6(17)3-9(11)15/h1-5,17H. The molecule has 2 rings (SSSR count). The van der Waals surface area contributed by atoms with Gasteiger partial charge in [0.25, 0.3) is 0 Å². The van der Waals surface area contributed by atoms with Gasteiger partial charge < -0.3 is 9.84 Å². The number of hydrogen-bond donors (Lipinski definition) is 1. The Morgan fingerprint density at radius 3 is 2.00 bits per heavy atom. The van der Waals surface area contributed by atoms with Crippen molar-refractivity contribution in [1.82, 2.24) is 0 Å². The number of halogens is 4. The molecular weight excluding hydrogens is 496 g/mol. The number of aromatic hydroxyl groups is 1.